The maximum absolute atomic E-state index is 11.5. The lowest BCUT2D eigenvalue weighted by Gasteiger charge is -2.08. The highest BCUT2D eigenvalue weighted by molar-refractivity contribution is 6.42. The standard InChI is InChI=1S/C13H17Cl2NO3/c1-2-18-7-3-6-16-13(17)9-19-10-4-5-11(14)12(15)8-10/h4-5,8H,2-3,6-7,9H2,1H3,(H,16,17). The van der Waals surface area contributed by atoms with Crippen LogP contribution in [0.4, 0.5) is 0 Å². The molecule has 0 radical (unpaired) electrons. The van der Waals surface area contributed by atoms with Crippen LogP contribution in [-0.2, 0) is 9.53 Å². The van der Waals surface area contributed by atoms with Crippen molar-refractivity contribution in [2.45, 2.75) is 13.3 Å². The van der Waals surface area contributed by atoms with Gasteiger partial charge in [-0.05, 0) is 25.5 Å². The molecular weight excluding hydrogens is 289 g/mol. The molecule has 1 amide bonds. The number of nitrogens with one attached hydrogen (secondary N) is 1. The Kier molecular flexibility index (Phi) is 7.63. The third-order valence-electron chi connectivity index (χ3n) is 2.25. The third kappa shape index (κ3) is 6.66. The van der Waals surface area contributed by atoms with Crippen LogP contribution < -0.4 is 10.1 Å². The molecule has 106 valence electrons. The molecule has 0 heterocycles. The lowest BCUT2D eigenvalue weighted by Crippen LogP contribution is -2.30. The van der Waals surface area contributed by atoms with Gasteiger partial charge < -0.3 is 14.8 Å². The zero-order chi connectivity index (χ0) is 14.1. The lowest BCUT2D eigenvalue weighted by atomic mass is 10.3. The molecule has 0 aliphatic heterocycles. The Morgan fingerprint density at radius 1 is 1.32 bits per heavy atom. The van der Waals surface area contributed by atoms with Crippen LogP contribution in [0.15, 0.2) is 18.2 Å². The summed E-state index contributed by atoms with van der Waals surface area (Å²) in [5.74, 6) is 0.335. The maximum atomic E-state index is 11.5. The zero-order valence-electron chi connectivity index (χ0n) is 10.7. The second-order valence-corrected chi connectivity index (χ2v) is 4.58. The van der Waals surface area contributed by atoms with Crippen LogP contribution in [0.25, 0.3) is 0 Å². The fraction of sp³-hybridized carbons (Fsp3) is 0.462. The van der Waals surface area contributed by atoms with Crippen molar-refractivity contribution >= 4 is 29.1 Å². The molecule has 0 unspecified atom stereocenters. The Bertz CT molecular complexity index is 413. The number of hydrogen-bond donors (Lipinski definition) is 1. The van der Waals surface area contributed by atoms with E-state index in [-0.39, 0.29) is 12.5 Å². The fourth-order valence-corrected chi connectivity index (χ4v) is 1.60. The molecule has 1 aromatic rings. The number of carbonyl (C=O) groups is 1. The summed E-state index contributed by atoms with van der Waals surface area (Å²) in [7, 11) is 0. The molecule has 0 fully saturated rings. The minimum atomic E-state index is -0.178. The molecule has 0 aromatic heterocycles. The van der Waals surface area contributed by atoms with Gasteiger partial charge in [0.05, 0.1) is 10.0 Å². The van der Waals surface area contributed by atoms with Gasteiger partial charge in [-0.15, -0.1) is 0 Å². The first kappa shape index (κ1) is 16.1. The first-order chi connectivity index (χ1) is 9.13. The first-order valence-corrected chi connectivity index (χ1v) is 6.81. The average molecular weight is 306 g/mol. The largest absolute Gasteiger partial charge is 0.484 e. The summed E-state index contributed by atoms with van der Waals surface area (Å²) in [6, 6.07) is 4.86. The Labute approximate surface area is 123 Å². The number of rotatable bonds is 8. The van der Waals surface area contributed by atoms with Gasteiger partial charge in [0.15, 0.2) is 6.61 Å². The third-order valence-corrected chi connectivity index (χ3v) is 2.99. The van der Waals surface area contributed by atoms with Crippen molar-refractivity contribution in [1.82, 2.24) is 5.32 Å². The summed E-state index contributed by atoms with van der Waals surface area (Å²) in [6.45, 7) is 3.79. The van der Waals surface area contributed by atoms with Crippen molar-refractivity contribution in [2.24, 2.45) is 0 Å². The van der Waals surface area contributed by atoms with E-state index in [1.165, 1.54) is 0 Å². The molecule has 0 saturated carbocycles. The molecule has 0 aliphatic carbocycles. The predicted molar refractivity (Wildman–Crippen MR) is 76.1 cm³/mol. The van der Waals surface area contributed by atoms with Crippen molar-refractivity contribution in [3.63, 3.8) is 0 Å². The second-order valence-electron chi connectivity index (χ2n) is 3.77. The maximum Gasteiger partial charge on any atom is 0.257 e. The number of amides is 1. The van der Waals surface area contributed by atoms with Gasteiger partial charge >= 0.3 is 0 Å². The van der Waals surface area contributed by atoms with Gasteiger partial charge in [-0.2, -0.15) is 0 Å². The van der Waals surface area contributed by atoms with E-state index in [2.05, 4.69) is 5.32 Å². The van der Waals surface area contributed by atoms with E-state index in [1.807, 2.05) is 6.92 Å². The zero-order valence-corrected chi connectivity index (χ0v) is 12.3. The highest BCUT2D eigenvalue weighted by Gasteiger charge is 2.04. The molecule has 0 saturated heterocycles. The van der Waals surface area contributed by atoms with Crippen LogP contribution in [0.1, 0.15) is 13.3 Å². The molecule has 1 rings (SSSR count). The van der Waals surface area contributed by atoms with Crippen LogP contribution in [0.5, 0.6) is 5.75 Å². The van der Waals surface area contributed by atoms with Gasteiger partial charge in [-0.3, -0.25) is 4.79 Å². The minimum absolute atomic E-state index is 0.0490. The monoisotopic (exact) mass is 305 g/mol. The van der Waals surface area contributed by atoms with E-state index >= 15 is 0 Å². The Morgan fingerprint density at radius 3 is 2.79 bits per heavy atom. The van der Waals surface area contributed by atoms with Gasteiger partial charge in [-0.25, -0.2) is 0 Å². The molecule has 1 aromatic carbocycles. The number of hydrogen-bond acceptors (Lipinski definition) is 3. The summed E-state index contributed by atoms with van der Waals surface area (Å²) in [5.41, 5.74) is 0. The number of benzene rings is 1. The summed E-state index contributed by atoms with van der Waals surface area (Å²) in [5, 5.41) is 3.59. The van der Waals surface area contributed by atoms with Gasteiger partial charge in [0, 0.05) is 25.8 Å². The highest BCUT2D eigenvalue weighted by Crippen LogP contribution is 2.26. The number of ether oxygens (including phenoxy) is 2. The number of halogens is 2. The number of carbonyl (C=O) groups excluding carboxylic acids is 1. The van der Waals surface area contributed by atoms with E-state index in [4.69, 9.17) is 32.7 Å². The van der Waals surface area contributed by atoms with Crippen molar-refractivity contribution in [3.8, 4) is 5.75 Å². The normalized spacial score (nSPS) is 10.3. The molecule has 0 spiro atoms. The van der Waals surface area contributed by atoms with E-state index in [1.54, 1.807) is 18.2 Å². The van der Waals surface area contributed by atoms with E-state index in [9.17, 15) is 4.79 Å². The van der Waals surface area contributed by atoms with Gasteiger partial charge in [0.2, 0.25) is 0 Å². The second kappa shape index (κ2) is 9.02. The van der Waals surface area contributed by atoms with Crippen LogP contribution in [0.2, 0.25) is 10.0 Å². The van der Waals surface area contributed by atoms with Gasteiger partial charge in [0.1, 0.15) is 5.75 Å². The lowest BCUT2D eigenvalue weighted by molar-refractivity contribution is -0.123. The quantitative estimate of drug-likeness (QED) is 0.751. The van der Waals surface area contributed by atoms with Crippen molar-refractivity contribution in [2.75, 3.05) is 26.4 Å². The molecule has 6 heteroatoms. The predicted octanol–water partition coefficient (Wildman–Crippen LogP) is 2.92. The van der Waals surface area contributed by atoms with Crippen molar-refractivity contribution < 1.29 is 14.3 Å². The molecule has 0 aliphatic rings. The SMILES string of the molecule is CCOCCCNC(=O)COc1ccc(Cl)c(Cl)c1. The van der Waals surface area contributed by atoms with Gasteiger partial charge in [-0.1, -0.05) is 23.2 Å². The van der Waals surface area contributed by atoms with Gasteiger partial charge in [0.25, 0.3) is 5.91 Å². The molecule has 4 nitrogen and oxygen atoms in total. The van der Waals surface area contributed by atoms with Crippen molar-refractivity contribution in [3.05, 3.63) is 28.2 Å². The Morgan fingerprint density at radius 2 is 2.11 bits per heavy atom. The first-order valence-electron chi connectivity index (χ1n) is 6.05. The summed E-state index contributed by atoms with van der Waals surface area (Å²) in [6.07, 6.45) is 0.784. The Hall–Kier alpha value is -0.970. The summed E-state index contributed by atoms with van der Waals surface area (Å²) < 4.78 is 10.5. The summed E-state index contributed by atoms with van der Waals surface area (Å²) in [4.78, 5) is 11.5. The fourth-order valence-electron chi connectivity index (χ4n) is 1.31. The van der Waals surface area contributed by atoms with Crippen LogP contribution in [-0.4, -0.2) is 32.3 Å². The van der Waals surface area contributed by atoms with Crippen LogP contribution in [0, 0.1) is 0 Å². The molecule has 1 N–H and O–H groups in total. The average Bonchev–Trinajstić information content (AvgIpc) is 2.40. The smallest absolute Gasteiger partial charge is 0.257 e. The van der Waals surface area contributed by atoms with E-state index < -0.39 is 0 Å². The minimum Gasteiger partial charge on any atom is -0.484 e. The molecular formula is C13H17Cl2NO3. The van der Waals surface area contributed by atoms with Crippen LogP contribution in [0.3, 0.4) is 0 Å². The van der Waals surface area contributed by atoms with Crippen molar-refractivity contribution in [1.29, 1.82) is 0 Å². The molecule has 0 atom stereocenters. The highest BCUT2D eigenvalue weighted by atomic mass is 35.5. The molecule has 19 heavy (non-hydrogen) atoms. The van der Waals surface area contributed by atoms with Crippen LogP contribution >= 0.6 is 23.2 Å². The Balaban J connectivity index is 2.20. The molecule has 0 bridgehead atoms. The van der Waals surface area contributed by atoms with E-state index in [0.717, 1.165) is 6.42 Å². The van der Waals surface area contributed by atoms with E-state index in [0.29, 0.717) is 35.6 Å². The topological polar surface area (TPSA) is 47.6 Å². The summed E-state index contributed by atoms with van der Waals surface area (Å²) >= 11 is 11.6.